The monoisotopic (exact) mass is 651 g/mol. The van der Waals surface area contributed by atoms with Gasteiger partial charge in [0.15, 0.2) is 0 Å². The molecule has 1 aromatic heterocycles. The molecule has 2 atom stereocenters. The first-order chi connectivity index (χ1) is 22.8. The Hall–Kier alpha value is -5.38. The molecule has 10 heteroatoms. The fraction of sp³-hybridized carbons (Fsp3) is 0.316. The van der Waals surface area contributed by atoms with Gasteiger partial charge < -0.3 is 24.3 Å². The number of carbonyl (C=O) groups excluding carboxylic acids is 3. The van der Waals surface area contributed by atoms with Crippen LogP contribution in [0.3, 0.4) is 0 Å². The molecule has 0 saturated carbocycles. The summed E-state index contributed by atoms with van der Waals surface area (Å²) in [5.74, 6) is -1.44. The van der Waals surface area contributed by atoms with Gasteiger partial charge in [-0.05, 0) is 64.8 Å². The van der Waals surface area contributed by atoms with E-state index in [0.29, 0.717) is 17.3 Å². The summed E-state index contributed by atoms with van der Waals surface area (Å²) in [7, 11) is 0. The summed E-state index contributed by atoms with van der Waals surface area (Å²) < 4.78 is 23.3. The molecule has 3 aromatic rings. The van der Waals surface area contributed by atoms with E-state index < -0.39 is 41.1 Å². The average molecular weight is 652 g/mol. The lowest BCUT2D eigenvalue weighted by Gasteiger charge is -2.29. The zero-order valence-corrected chi connectivity index (χ0v) is 28.1. The SMILES string of the molecule is CC(C)(C)OC(=O)C=C1C(=O)N(c2ccc(OCc3ccccc3)nc2OCc2ccccc2)C2=CC=CC(NC(=O)OC(C)(C)C)C12. The van der Waals surface area contributed by atoms with Crippen LogP contribution in [-0.4, -0.2) is 40.2 Å². The molecule has 2 heterocycles. The van der Waals surface area contributed by atoms with Gasteiger partial charge >= 0.3 is 12.1 Å². The number of esters is 1. The fourth-order valence-corrected chi connectivity index (χ4v) is 5.28. The van der Waals surface area contributed by atoms with Crippen LogP contribution in [0.1, 0.15) is 52.7 Å². The third-order valence-corrected chi connectivity index (χ3v) is 7.17. The van der Waals surface area contributed by atoms with E-state index in [1.807, 2.05) is 60.7 Å². The van der Waals surface area contributed by atoms with Crippen LogP contribution in [0, 0.1) is 5.92 Å². The number of amides is 2. The van der Waals surface area contributed by atoms with Crippen molar-refractivity contribution in [3.05, 3.63) is 119 Å². The Balaban J connectivity index is 1.53. The van der Waals surface area contributed by atoms with Crippen molar-refractivity contribution in [2.75, 3.05) is 4.90 Å². The zero-order chi connectivity index (χ0) is 34.5. The number of aromatic nitrogens is 1. The average Bonchev–Trinajstić information content (AvgIpc) is 3.29. The van der Waals surface area contributed by atoms with E-state index in [4.69, 9.17) is 18.9 Å². The van der Waals surface area contributed by atoms with Gasteiger partial charge in [-0.2, -0.15) is 4.98 Å². The van der Waals surface area contributed by atoms with E-state index in [1.165, 1.54) is 11.0 Å². The lowest BCUT2D eigenvalue weighted by molar-refractivity contribution is -0.148. The van der Waals surface area contributed by atoms with Crippen molar-refractivity contribution in [1.29, 1.82) is 0 Å². The summed E-state index contributed by atoms with van der Waals surface area (Å²) in [6, 6.07) is 21.9. The molecule has 2 aromatic carbocycles. The molecule has 2 amide bonds. The summed E-state index contributed by atoms with van der Waals surface area (Å²) in [6.45, 7) is 11.0. The van der Waals surface area contributed by atoms with Crippen LogP contribution in [0.4, 0.5) is 10.5 Å². The van der Waals surface area contributed by atoms with E-state index in [2.05, 4.69) is 10.3 Å². The molecule has 0 spiro atoms. The Labute approximate surface area is 281 Å². The molecule has 1 aliphatic heterocycles. The van der Waals surface area contributed by atoms with Gasteiger partial charge in [-0.1, -0.05) is 72.8 Å². The number of hydrogen-bond donors (Lipinski definition) is 1. The Kier molecular flexibility index (Phi) is 10.0. The largest absolute Gasteiger partial charge is 0.473 e. The number of nitrogens with one attached hydrogen (secondary N) is 1. The number of alkyl carbamates (subject to hydrolysis) is 1. The smallest absolute Gasteiger partial charge is 0.408 e. The third-order valence-electron chi connectivity index (χ3n) is 7.17. The maximum atomic E-state index is 14.4. The summed E-state index contributed by atoms with van der Waals surface area (Å²) in [5.41, 5.74) is 1.34. The van der Waals surface area contributed by atoms with Gasteiger partial charge in [-0.15, -0.1) is 0 Å². The molecule has 1 aliphatic carbocycles. The number of pyridine rings is 1. The summed E-state index contributed by atoms with van der Waals surface area (Å²) >= 11 is 0. The van der Waals surface area contributed by atoms with Gasteiger partial charge in [0, 0.05) is 23.4 Å². The molecule has 0 radical (unpaired) electrons. The van der Waals surface area contributed by atoms with Crippen molar-refractivity contribution in [1.82, 2.24) is 10.3 Å². The van der Waals surface area contributed by atoms with Gasteiger partial charge in [-0.25, -0.2) is 9.59 Å². The molecule has 2 unspecified atom stereocenters. The van der Waals surface area contributed by atoms with Gasteiger partial charge in [-0.3, -0.25) is 9.69 Å². The van der Waals surface area contributed by atoms with Crippen LogP contribution >= 0.6 is 0 Å². The second-order valence-electron chi connectivity index (χ2n) is 13.4. The molecule has 1 N–H and O–H groups in total. The first-order valence-electron chi connectivity index (χ1n) is 15.8. The molecule has 1 fully saturated rings. The van der Waals surface area contributed by atoms with Crippen molar-refractivity contribution in [2.24, 2.45) is 5.92 Å². The van der Waals surface area contributed by atoms with Crippen LogP contribution in [0.2, 0.25) is 0 Å². The highest BCUT2D eigenvalue weighted by Gasteiger charge is 2.47. The number of benzene rings is 2. The lowest BCUT2D eigenvalue weighted by atomic mass is 9.87. The minimum absolute atomic E-state index is 0.138. The molecule has 5 rings (SSSR count). The maximum absolute atomic E-state index is 14.4. The van der Waals surface area contributed by atoms with E-state index in [-0.39, 0.29) is 24.7 Å². The standard InChI is InChI=1S/C38H41N3O7/c1-37(2,3)47-32(42)22-27-33-28(39-36(44)48-38(4,5)6)18-13-19-29(33)41(35(27)43)30-20-21-31(45-23-25-14-9-7-10-15-25)40-34(30)46-24-26-16-11-8-12-17-26/h7-22,28,33H,23-24H2,1-6H3,(H,39,44). The Bertz CT molecular complexity index is 1740. The van der Waals surface area contributed by atoms with Gasteiger partial charge in [0.25, 0.3) is 5.91 Å². The summed E-state index contributed by atoms with van der Waals surface area (Å²) in [6.07, 6.45) is 5.81. The van der Waals surface area contributed by atoms with Crippen molar-refractivity contribution in [3.63, 3.8) is 0 Å². The number of ether oxygens (including phenoxy) is 4. The molecule has 10 nitrogen and oxygen atoms in total. The van der Waals surface area contributed by atoms with Crippen molar-refractivity contribution < 1.29 is 33.3 Å². The van der Waals surface area contributed by atoms with Crippen molar-refractivity contribution in [2.45, 2.75) is 72.0 Å². The first kappa shape index (κ1) is 34.0. The molecular formula is C38H41N3O7. The number of anilines is 1. The molecule has 2 aliphatic rings. The second kappa shape index (κ2) is 14.2. The third kappa shape index (κ3) is 8.70. The second-order valence-corrected chi connectivity index (χ2v) is 13.4. The lowest BCUT2D eigenvalue weighted by Crippen LogP contribution is -2.43. The van der Waals surface area contributed by atoms with Crippen LogP contribution in [0.15, 0.2) is 108 Å². The van der Waals surface area contributed by atoms with E-state index in [1.54, 1.807) is 71.9 Å². The Morgan fingerprint density at radius 3 is 2.04 bits per heavy atom. The van der Waals surface area contributed by atoms with E-state index in [9.17, 15) is 14.4 Å². The predicted molar refractivity (Wildman–Crippen MR) is 181 cm³/mol. The number of fused-ring (bicyclic) bond motifs is 1. The zero-order valence-electron chi connectivity index (χ0n) is 28.1. The molecule has 0 bridgehead atoms. The number of carbonyl (C=O) groups is 3. The quantitative estimate of drug-likeness (QED) is 0.198. The topological polar surface area (TPSA) is 116 Å². The van der Waals surface area contributed by atoms with Crippen molar-refractivity contribution >= 4 is 23.7 Å². The molecular weight excluding hydrogens is 610 g/mol. The highest BCUT2D eigenvalue weighted by atomic mass is 16.6. The molecule has 48 heavy (non-hydrogen) atoms. The van der Waals surface area contributed by atoms with Crippen LogP contribution in [0.25, 0.3) is 0 Å². The Morgan fingerprint density at radius 2 is 1.44 bits per heavy atom. The predicted octanol–water partition coefficient (Wildman–Crippen LogP) is 6.82. The van der Waals surface area contributed by atoms with E-state index in [0.717, 1.165) is 11.1 Å². The first-order valence-corrected chi connectivity index (χ1v) is 15.8. The number of rotatable bonds is 9. The highest BCUT2D eigenvalue weighted by Crippen LogP contribution is 2.45. The maximum Gasteiger partial charge on any atom is 0.408 e. The minimum Gasteiger partial charge on any atom is -0.473 e. The number of nitrogens with zero attached hydrogens (tertiary/aromatic N) is 2. The van der Waals surface area contributed by atoms with Crippen molar-refractivity contribution in [3.8, 4) is 11.8 Å². The molecule has 1 saturated heterocycles. The van der Waals surface area contributed by atoms with E-state index >= 15 is 0 Å². The molecule has 250 valence electrons. The summed E-state index contributed by atoms with van der Waals surface area (Å²) in [5, 5.41) is 2.87. The minimum atomic E-state index is -0.785. The van der Waals surface area contributed by atoms with Crippen LogP contribution < -0.4 is 19.7 Å². The number of hydrogen-bond acceptors (Lipinski definition) is 8. The summed E-state index contributed by atoms with van der Waals surface area (Å²) in [4.78, 5) is 46.5. The van der Waals surface area contributed by atoms with Crippen LogP contribution in [-0.2, 0) is 32.3 Å². The van der Waals surface area contributed by atoms with Gasteiger partial charge in [0.1, 0.15) is 30.1 Å². The number of allylic oxidation sites excluding steroid dienone is 2. The fourth-order valence-electron chi connectivity index (χ4n) is 5.28. The van der Waals surface area contributed by atoms with Crippen LogP contribution in [0.5, 0.6) is 11.8 Å². The van der Waals surface area contributed by atoms with Gasteiger partial charge in [0.2, 0.25) is 11.8 Å². The Morgan fingerprint density at radius 1 is 0.833 bits per heavy atom. The normalized spacial score (nSPS) is 18.2. The highest BCUT2D eigenvalue weighted by molar-refractivity contribution is 6.15. The van der Waals surface area contributed by atoms with Gasteiger partial charge in [0.05, 0.1) is 12.0 Å².